The van der Waals surface area contributed by atoms with Gasteiger partial charge in [-0.2, -0.15) is 17.2 Å². The number of rotatable bonds is 3. The molecule has 0 unspecified atom stereocenters. The maximum atomic E-state index is 12.7. The molecule has 0 saturated carbocycles. The Balaban J connectivity index is 2.47. The normalized spacial score (nSPS) is 17.9. The molecule has 1 rings (SSSR count). The number of piperazine rings is 1. The molecule has 2 N–H and O–H groups in total. The number of amides is 1. The molecule has 1 aliphatic rings. The molecular formula is C7H12F2N2O5S. The number of carbonyl (C=O) groups excluding carboxylic acids is 1. The van der Waals surface area contributed by atoms with Crippen molar-refractivity contribution in [2.75, 3.05) is 32.8 Å². The molecular weight excluding hydrogens is 262 g/mol. The van der Waals surface area contributed by atoms with Crippen molar-refractivity contribution in [3.05, 3.63) is 0 Å². The van der Waals surface area contributed by atoms with Crippen molar-refractivity contribution in [2.24, 2.45) is 0 Å². The number of hydrogen-bond donors (Lipinski definition) is 2. The van der Waals surface area contributed by atoms with E-state index in [1.165, 1.54) is 0 Å². The summed E-state index contributed by atoms with van der Waals surface area (Å²) in [6.45, 7) is -0.116. The first-order chi connectivity index (χ1) is 7.74. The molecule has 10 heteroatoms. The number of halogens is 2. The van der Waals surface area contributed by atoms with E-state index in [9.17, 15) is 22.0 Å². The van der Waals surface area contributed by atoms with E-state index in [1.54, 1.807) is 0 Å². The molecule has 17 heavy (non-hydrogen) atoms. The van der Waals surface area contributed by atoms with Crippen LogP contribution in [-0.2, 0) is 14.9 Å². The van der Waals surface area contributed by atoms with Crippen LogP contribution in [0.3, 0.4) is 0 Å². The Morgan fingerprint density at radius 2 is 1.94 bits per heavy atom. The molecule has 0 aromatic rings. The van der Waals surface area contributed by atoms with Crippen LogP contribution in [0.5, 0.6) is 0 Å². The highest BCUT2D eigenvalue weighted by Crippen LogP contribution is 2.20. The van der Waals surface area contributed by atoms with Crippen molar-refractivity contribution in [2.45, 2.75) is 5.25 Å². The van der Waals surface area contributed by atoms with Crippen LogP contribution in [0.25, 0.3) is 0 Å². The third-order valence-electron chi connectivity index (χ3n) is 2.12. The van der Waals surface area contributed by atoms with E-state index in [0.717, 1.165) is 4.90 Å². The lowest BCUT2D eigenvalue weighted by atomic mass is 10.4. The minimum absolute atomic E-state index is 0.288. The van der Waals surface area contributed by atoms with E-state index < -0.39 is 28.1 Å². The maximum absolute atomic E-state index is 12.7. The fourth-order valence-electron chi connectivity index (χ4n) is 1.16. The van der Waals surface area contributed by atoms with Crippen LogP contribution in [0, 0.1) is 0 Å². The molecule has 7 nitrogen and oxygen atoms in total. The van der Waals surface area contributed by atoms with Crippen molar-refractivity contribution in [1.82, 2.24) is 10.2 Å². The van der Waals surface area contributed by atoms with E-state index in [4.69, 9.17) is 4.55 Å². The Hall–Kier alpha value is -1.00. The van der Waals surface area contributed by atoms with Gasteiger partial charge in [0.2, 0.25) is 0 Å². The smallest absolute Gasteiger partial charge is 0.410 e. The molecule has 1 aliphatic heterocycles. The van der Waals surface area contributed by atoms with Gasteiger partial charge in [0.05, 0.1) is 0 Å². The van der Waals surface area contributed by atoms with Crippen LogP contribution in [0.2, 0.25) is 0 Å². The highest BCUT2D eigenvalue weighted by molar-refractivity contribution is 7.86. The molecule has 1 heterocycles. The molecule has 0 aliphatic carbocycles. The molecule has 0 bridgehead atoms. The van der Waals surface area contributed by atoms with Crippen molar-refractivity contribution in [3.8, 4) is 0 Å². The van der Waals surface area contributed by atoms with Gasteiger partial charge in [-0.15, -0.1) is 0 Å². The number of hydrogen-bond acceptors (Lipinski definition) is 5. The van der Waals surface area contributed by atoms with Gasteiger partial charge in [0, 0.05) is 26.2 Å². The van der Waals surface area contributed by atoms with Crippen LogP contribution in [0.1, 0.15) is 0 Å². The van der Waals surface area contributed by atoms with Crippen LogP contribution in [0.4, 0.5) is 13.6 Å². The van der Waals surface area contributed by atoms with E-state index >= 15 is 0 Å². The topological polar surface area (TPSA) is 95.9 Å². The Morgan fingerprint density at radius 1 is 1.41 bits per heavy atom. The van der Waals surface area contributed by atoms with Gasteiger partial charge in [0.25, 0.3) is 0 Å². The molecule has 0 atom stereocenters. The summed E-state index contributed by atoms with van der Waals surface area (Å²) in [6, 6.07) is 0. The van der Waals surface area contributed by atoms with Crippen LogP contribution in [0.15, 0.2) is 0 Å². The number of ether oxygens (including phenoxy) is 1. The highest BCUT2D eigenvalue weighted by atomic mass is 32.2. The summed E-state index contributed by atoms with van der Waals surface area (Å²) in [4.78, 5) is 12.4. The quantitative estimate of drug-likeness (QED) is 0.674. The summed E-state index contributed by atoms with van der Waals surface area (Å²) < 4.78 is 58.2. The Kier molecular flexibility index (Phi) is 4.22. The standard InChI is InChI=1S/C7H12F2N2O5S/c8-7(9,17(13,14)15)5-16-6(12)11-3-1-10-2-4-11/h10H,1-5H2,(H,13,14,15). The highest BCUT2D eigenvalue weighted by Gasteiger charge is 2.45. The average molecular weight is 274 g/mol. The van der Waals surface area contributed by atoms with Gasteiger partial charge in [-0.25, -0.2) is 4.79 Å². The first-order valence-electron chi connectivity index (χ1n) is 4.71. The van der Waals surface area contributed by atoms with Gasteiger partial charge < -0.3 is 15.0 Å². The molecule has 1 saturated heterocycles. The molecule has 0 aromatic carbocycles. The average Bonchev–Trinajstić information content (AvgIpc) is 2.25. The molecule has 0 aromatic heterocycles. The fourth-order valence-corrected chi connectivity index (χ4v) is 1.37. The van der Waals surface area contributed by atoms with Gasteiger partial charge in [-0.05, 0) is 0 Å². The molecule has 0 spiro atoms. The van der Waals surface area contributed by atoms with Gasteiger partial charge in [0.1, 0.15) is 0 Å². The molecule has 0 radical (unpaired) electrons. The molecule has 1 amide bonds. The monoisotopic (exact) mass is 274 g/mol. The third-order valence-corrected chi connectivity index (χ3v) is 2.99. The minimum atomic E-state index is -5.57. The maximum Gasteiger partial charge on any atom is 0.410 e. The van der Waals surface area contributed by atoms with E-state index in [-0.39, 0.29) is 13.1 Å². The Bertz CT molecular complexity index is 380. The van der Waals surface area contributed by atoms with Gasteiger partial charge >= 0.3 is 21.5 Å². The fraction of sp³-hybridized carbons (Fsp3) is 0.857. The summed E-state index contributed by atoms with van der Waals surface area (Å²) in [6.07, 6.45) is -1.03. The number of carbonyl (C=O) groups is 1. The second kappa shape index (κ2) is 5.10. The second-order valence-electron chi connectivity index (χ2n) is 3.40. The zero-order valence-electron chi connectivity index (χ0n) is 8.73. The van der Waals surface area contributed by atoms with Crippen molar-refractivity contribution in [1.29, 1.82) is 0 Å². The third kappa shape index (κ3) is 3.75. The van der Waals surface area contributed by atoms with E-state index in [1.807, 2.05) is 0 Å². The second-order valence-corrected chi connectivity index (χ2v) is 4.95. The zero-order chi connectivity index (χ0) is 13.1. The Labute approximate surface area is 96.5 Å². The Morgan fingerprint density at radius 3 is 2.41 bits per heavy atom. The van der Waals surface area contributed by atoms with Gasteiger partial charge in [-0.1, -0.05) is 0 Å². The largest absolute Gasteiger partial charge is 0.442 e. The van der Waals surface area contributed by atoms with Gasteiger partial charge in [0.15, 0.2) is 6.61 Å². The number of nitrogens with one attached hydrogen (secondary N) is 1. The van der Waals surface area contributed by atoms with Crippen LogP contribution >= 0.6 is 0 Å². The lowest BCUT2D eigenvalue weighted by Gasteiger charge is -2.27. The molecule has 1 fully saturated rings. The summed E-state index contributed by atoms with van der Waals surface area (Å²) in [7, 11) is -5.57. The first-order valence-corrected chi connectivity index (χ1v) is 6.15. The number of nitrogens with zero attached hydrogens (tertiary/aromatic N) is 1. The van der Waals surface area contributed by atoms with Crippen LogP contribution in [-0.4, -0.2) is 62.0 Å². The lowest BCUT2D eigenvalue weighted by molar-refractivity contribution is -0.00408. The predicted molar refractivity (Wildman–Crippen MR) is 52.3 cm³/mol. The summed E-state index contributed by atoms with van der Waals surface area (Å²) in [5.41, 5.74) is 0. The predicted octanol–water partition coefficient (Wildman–Crippen LogP) is -0.491. The van der Waals surface area contributed by atoms with Crippen molar-refractivity contribution >= 4 is 16.2 Å². The first kappa shape index (κ1) is 14.1. The number of alkyl halides is 2. The SMILES string of the molecule is O=C(OCC(F)(F)S(=O)(=O)O)N1CCNCC1. The van der Waals surface area contributed by atoms with E-state index in [2.05, 4.69) is 10.1 Å². The van der Waals surface area contributed by atoms with Crippen molar-refractivity contribution in [3.63, 3.8) is 0 Å². The van der Waals surface area contributed by atoms with E-state index in [0.29, 0.717) is 13.1 Å². The minimum Gasteiger partial charge on any atom is -0.442 e. The van der Waals surface area contributed by atoms with Gasteiger partial charge in [-0.3, -0.25) is 4.55 Å². The summed E-state index contributed by atoms with van der Waals surface area (Å²) >= 11 is 0. The zero-order valence-corrected chi connectivity index (χ0v) is 9.54. The molecule has 100 valence electrons. The van der Waals surface area contributed by atoms with Crippen LogP contribution < -0.4 is 5.32 Å². The van der Waals surface area contributed by atoms with Crippen molar-refractivity contribution < 1.29 is 31.3 Å². The summed E-state index contributed by atoms with van der Waals surface area (Å²) in [5.74, 6) is 0. The summed E-state index contributed by atoms with van der Waals surface area (Å²) in [5, 5.41) is -1.56. The lowest BCUT2D eigenvalue weighted by Crippen LogP contribution is -2.47.